The van der Waals surface area contributed by atoms with Gasteiger partial charge in [-0.25, -0.2) is 4.98 Å². The molecule has 0 bridgehead atoms. The van der Waals surface area contributed by atoms with E-state index >= 15 is 0 Å². The molecule has 1 aliphatic rings. The second-order valence-electron chi connectivity index (χ2n) is 6.55. The number of hydrogen-bond acceptors (Lipinski definition) is 5. The average molecular weight is 314 g/mol. The Balaban J connectivity index is 2.06. The SMILES string of the molecule is CC(C)O/N=C(/c1cccc2c1CCC(C)(C)O2)n1cncn1. The van der Waals surface area contributed by atoms with Crippen molar-refractivity contribution in [2.45, 2.75) is 52.2 Å². The Morgan fingerprint density at radius 1 is 1.39 bits per heavy atom. The summed E-state index contributed by atoms with van der Waals surface area (Å²) in [5.74, 6) is 1.52. The first kappa shape index (κ1) is 15.5. The van der Waals surface area contributed by atoms with Crippen molar-refractivity contribution in [3.05, 3.63) is 42.0 Å². The van der Waals surface area contributed by atoms with Gasteiger partial charge >= 0.3 is 0 Å². The molecule has 1 aromatic carbocycles. The van der Waals surface area contributed by atoms with E-state index in [2.05, 4.69) is 29.1 Å². The Morgan fingerprint density at radius 2 is 2.22 bits per heavy atom. The highest BCUT2D eigenvalue weighted by Crippen LogP contribution is 2.35. The molecule has 6 heteroatoms. The van der Waals surface area contributed by atoms with Crippen LogP contribution in [-0.2, 0) is 11.3 Å². The number of oxime groups is 1. The number of nitrogens with zero attached hydrogens (tertiary/aromatic N) is 4. The van der Waals surface area contributed by atoms with E-state index < -0.39 is 0 Å². The van der Waals surface area contributed by atoms with Crippen molar-refractivity contribution >= 4 is 5.84 Å². The lowest BCUT2D eigenvalue weighted by molar-refractivity contribution is 0.0833. The molecular weight excluding hydrogens is 292 g/mol. The van der Waals surface area contributed by atoms with Crippen molar-refractivity contribution in [2.24, 2.45) is 5.16 Å². The summed E-state index contributed by atoms with van der Waals surface area (Å²) in [6.45, 7) is 8.09. The van der Waals surface area contributed by atoms with Crippen molar-refractivity contribution in [2.75, 3.05) is 0 Å². The summed E-state index contributed by atoms with van der Waals surface area (Å²) >= 11 is 0. The summed E-state index contributed by atoms with van der Waals surface area (Å²) in [6, 6.07) is 5.99. The van der Waals surface area contributed by atoms with Gasteiger partial charge in [-0.05, 0) is 46.6 Å². The molecule has 0 unspecified atom stereocenters. The van der Waals surface area contributed by atoms with Gasteiger partial charge in [0.25, 0.3) is 0 Å². The molecule has 6 nitrogen and oxygen atoms in total. The molecule has 3 rings (SSSR count). The predicted octanol–water partition coefficient (Wildman–Crippen LogP) is 3.02. The van der Waals surface area contributed by atoms with Crippen LogP contribution in [0, 0.1) is 0 Å². The fourth-order valence-electron chi connectivity index (χ4n) is 2.59. The molecule has 23 heavy (non-hydrogen) atoms. The Labute approximate surface area is 136 Å². The molecule has 0 saturated carbocycles. The van der Waals surface area contributed by atoms with E-state index in [4.69, 9.17) is 9.57 Å². The molecule has 0 aliphatic carbocycles. The van der Waals surface area contributed by atoms with E-state index in [1.54, 1.807) is 11.0 Å². The molecule has 1 aliphatic heterocycles. The highest BCUT2D eigenvalue weighted by atomic mass is 16.6. The van der Waals surface area contributed by atoms with Gasteiger partial charge in [0.05, 0.1) is 0 Å². The van der Waals surface area contributed by atoms with Crippen LogP contribution in [-0.4, -0.2) is 32.3 Å². The van der Waals surface area contributed by atoms with Crippen LogP contribution in [0.15, 0.2) is 36.0 Å². The van der Waals surface area contributed by atoms with Crippen LogP contribution in [0.5, 0.6) is 5.75 Å². The molecule has 0 saturated heterocycles. The standard InChI is InChI=1S/C17H22N4O2/c1-12(2)23-20-16(21-11-18-10-19-21)14-6-5-7-15-13(14)8-9-17(3,4)22-15/h5-7,10-12H,8-9H2,1-4H3/b20-16-. The van der Waals surface area contributed by atoms with Gasteiger partial charge in [-0.3, -0.25) is 0 Å². The molecule has 0 fully saturated rings. The lowest BCUT2D eigenvalue weighted by atomic mass is 9.91. The third-order valence-corrected chi connectivity index (χ3v) is 3.72. The maximum atomic E-state index is 6.11. The van der Waals surface area contributed by atoms with Gasteiger partial charge in [0.15, 0.2) is 0 Å². The fraction of sp³-hybridized carbons (Fsp3) is 0.471. The highest BCUT2D eigenvalue weighted by Gasteiger charge is 2.29. The lowest BCUT2D eigenvalue weighted by Gasteiger charge is -2.33. The molecule has 2 aromatic rings. The van der Waals surface area contributed by atoms with Gasteiger partial charge in [0.1, 0.15) is 30.1 Å². The number of aromatic nitrogens is 3. The van der Waals surface area contributed by atoms with Crippen LogP contribution in [0.3, 0.4) is 0 Å². The average Bonchev–Trinajstić information content (AvgIpc) is 3.00. The van der Waals surface area contributed by atoms with E-state index in [0.29, 0.717) is 5.84 Å². The van der Waals surface area contributed by atoms with Crippen molar-refractivity contribution in [1.29, 1.82) is 0 Å². The van der Waals surface area contributed by atoms with Gasteiger partial charge in [-0.1, -0.05) is 17.3 Å². The van der Waals surface area contributed by atoms with E-state index in [1.807, 2.05) is 32.0 Å². The van der Waals surface area contributed by atoms with Gasteiger partial charge in [0, 0.05) is 11.1 Å². The quantitative estimate of drug-likeness (QED) is 0.496. The summed E-state index contributed by atoms with van der Waals surface area (Å²) in [5, 5.41) is 8.50. The van der Waals surface area contributed by atoms with Crippen molar-refractivity contribution < 1.29 is 9.57 Å². The third kappa shape index (κ3) is 3.36. The first-order valence-corrected chi connectivity index (χ1v) is 7.86. The molecule has 2 heterocycles. The van der Waals surface area contributed by atoms with Gasteiger partial charge in [0.2, 0.25) is 5.84 Å². The Morgan fingerprint density at radius 3 is 2.91 bits per heavy atom. The predicted molar refractivity (Wildman–Crippen MR) is 87.6 cm³/mol. The van der Waals surface area contributed by atoms with Gasteiger partial charge in [-0.15, -0.1) is 0 Å². The molecule has 122 valence electrons. The van der Waals surface area contributed by atoms with Crippen molar-refractivity contribution in [3.8, 4) is 5.75 Å². The second-order valence-corrected chi connectivity index (χ2v) is 6.55. The lowest BCUT2D eigenvalue weighted by Crippen LogP contribution is -2.33. The minimum absolute atomic E-state index is 0.0109. The zero-order chi connectivity index (χ0) is 16.4. The maximum Gasteiger partial charge on any atom is 0.201 e. The molecule has 0 amide bonds. The van der Waals surface area contributed by atoms with Gasteiger partial charge in [-0.2, -0.15) is 9.78 Å². The third-order valence-electron chi connectivity index (χ3n) is 3.72. The van der Waals surface area contributed by atoms with Crippen LogP contribution in [0.25, 0.3) is 0 Å². The summed E-state index contributed by atoms with van der Waals surface area (Å²) in [5.41, 5.74) is 1.95. The minimum Gasteiger partial charge on any atom is -0.488 e. The first-order chi connectivity index (χ1) is 11.0. The number of ether oxygens (including phenoxy) is 1. The largest absolute Gasteiger partial charge is 0.488 e. The molecule has 1 aromatic heterocycles. The Hall–Kier alpha value is -2.37. The summed E-state index contributed by atoms with van der Waals surface area (Å²) in [6.07, 6.45) is 4.97. The van der Waals surface area contributed by atoms with E-state index in [1.165, 1.54) is 6.33 Å². The summed E-state index contributed by atoms with van der Waals surface area (Å²) in [4.78, 5) is 9.49. The zero-order valence-electron chi connectivity index (χ0n) is 14.0. The monoisotopic (exact) mass is 314 g/mol. The molecular formula is C17H22N4O2. The number of rotatable bonds is 3. The summed E-state index contributed by atoms with van der Waals surface area (Å²) < 4.78 is 7.73. The summed E-state index contributed by atoms with van der Waals surface area (Å²) in [7, 11) is 0. The molecule has 0 atom stereocenters. The fourth-order valence-corrected chi connectivity index (χ4v) is 2.59. The highest BCUT2D eigenvalue weighted by molar-refractivity contribution is 6.01. The van der Waals surface area contributed by atoms with Crippen LogP contribution >= 0.6 is 0 Å². The van der Waals surface area contributed by atoms with Gasteiger partial charge < -0.3 is 9.57 Å². The second kappa shape index (κ2) is 6.02. The Bertz CT molecular complexity index is 705. The van der Waals surface area contributed by atoms with E-state index in [-0.39, 0.29) is 11.7 Å². The van der Waals surface area contributed by atoms with Crippen LogP contribution in [0.2, 0.25) is 0 Å². The molecule has 0 radical (unpaired) electrons. The first-order valence-electron chi connectivity index (χ1n) is 7.86. The smallest absolute Gasteiger partial charge is 0.201 e. The minimum atomic E-state index is -0.148. The number of benzene rings is 1. The normalized spacial score (nSPS) is 16.8. The van der Waals surface area contributed by atoms with Crippen molar-refractivity contribution in [1.82, 2.24) is 14.8 Å². The van der Waals surface area contributed by atoms with E-state index in [0.717, 1.165) is 29.7 Å². The number of hydrogen-bond donors (Lipinski definition) is 0. The van der Waals surface area contributed by atoms with Crippen LogP contribution in [0.1, 0.15) is 45.2 Å². The van der Waals surface area contributed by atoms with Crippen molar-refractivity contribution in [3.63, 3.8) is 0 Å². The van der Waals surface area contributed by atoms with Crippen LogP contribution < -0.4 is 4.74 Å². The molecule has 0 N–H and O–H groups in total. The van der Waals surface area contributed by atoms with Crippen LogP contribution in [0.4, 0.5) is 0 Å². The molecule has 0 spiro atoms. The van der Waals surface area contributed by atoms with E-state index in [9.17, 15) is 0 Å². The maximum absolute atomic E-state index is 6.11. The topological polar surface area (TPSA) is 61.5 Å². The Kier molecular flexibility index (Phi) is 4.07. The number of fused-ring (bicyclic) bond motifs is 1. The zero-order valence-corrected chi connectivity index (χ0v) is 14.0.